The Labute approximate surface area is 71.7 Å². The van der Waals surface area contributed by atoms with Crippen molar-refractivity contribution < 1.29 is 0 Å². The van der Waals surface area contributed by atoms with Crippen LogP contribution in [0.5, 0.6) is 0 Å². The third-order valence-electron chi connectivity index (χ3n) is 1.20. The number of aromatic nitrogens is 3. The number of H-pyrrole nitrogens is 2. The molecule has 0 saturated carbocycles. The van der Waals surface area contributed by atoms with Gasteiger partial charge in [-0.1, -0.05) is 11.6 Å². The molecule has 2 N–H and O–H groups in total. The van der Waals surface area contributed by atoms with Gasteiger partial charge in [0.15, 0.2) is 0 Å². The van der Waals surface area contributed by atoms with Crippen molar-refractivity contribution in [2.24, 2.45) is 0 Å². The lowest BCUT2D eigenvalue weighted by atomic mass is 10.3. The minimum atomic E-state index is -0.252. The summed E-state index contributed by atoms with van der Waals surface area (Å²) >= 11 is 0. The summed E-state index contributed by atoms with van der Waals surface area (Å²) in [5, 5.41) is 5.73. The summed E-state index contributed by atoms with van der Waals surface area (Å²) in [7, 11) is 0. The average molecular weight is 169 g/mol. The van der Waals surface area contributed by atoms with Crippen molar-refractivity contribution in [2.45, 2.75) is 27.7 Å². The summed E-state index contributed by atoms with van der Waals surface area (Å²) < 4.78 is 0. The van der Waals surface area contributed by atoms with Crippen molar-refractivity contribution in [3.8, 4) is 0 Å². The van der Waals surface area contributed by atoms with E-state index < -0.39 is 0 Å². The smallest absolute Gasteiger partial charge is 0.293 e. The highest BCUT2D eigenvalue weighted by atomic mass is 16.1. The molecule has 1 heterocycles. The van der Waals surface area contributed by atoms with Gasteiger partial charge in [-0.2, -0.15) is 5.10 Å². The molecule has 0 amide bonds. The Balaban J connectivity index is 0.000000217. The van der Waals surface area contributed by atoms with E-state index in [0.29, 0.717) is 5.82 Å². The van der Waals surface area contributed by atoms with Gasteiger partial charge in [0.05, 0.1) is 0 Å². The molecule has 0 saturated heterocycles. The fourth-order valence-corrected chi connectivity index (χ4v) is 0.355. The first-order chi connectivity index (χ1) is 5.56. The van der Waals surface area contributed by atoms with E-state index in [1.54, 1.807) is 6.92 Å². The summed E-state index contributed by atoms with van der Waals surface area (Å²) in [4.78, 5) is 12.5. The fourth-order valence-electron chi connectivity index (χ4n) is 0.355. The van der Waals surface area contributed by atoms with E-state index in [2.05, 4.69) is 35.1 Å². The molecule has 12 heavy (non-hydrogen) atoms. The Kier molecular flexibility index (Phi) is 4.76. The summed E-state index contributed by atoms with van der Waals surface area (Å²) in [6.07, 6.45) is 2.08. The number of aryl methyl sites for hydroxylation is 1. The van der Waals surface area contributed by atoms with Crippen LogP contribution in [0.1, 0.15) is 26.6 Å². The number of allylic oxidation sites excluding steroid dienone is 2. The monoisotopic (exact) mass is 169 g/mol. The van der Waals surface area contributed by atoms with Crippen molar-refractivity contribution in [1.29, 1.82) is 0 Å². The minimum Gasteiger partial charge on any atom is -0.293 e. The Morgan fingerprint density at radius 2 is 2.00 bits per heavy atom. The van der Waals surface area contributed by atoms with Gasteiger partial charge in [0.2, 0.25) is 0 Å². The van der Waals surface area contributed by atoms with Crippen molar-refractivity contribution in [1.82, 2.24) is 15.2 Å². The highest BCUT2D eigenvalue weighted by molar-refractivity contribution is 4.88. The molecule has 0 aliphatic rings. The second-order valence-corrected chi connectivity index (χ2v) is 2.63. The molecule has 0 fully saturated rings. The molecule has 0 atom stereocenters. The maximum absolute atomic E-state index is 10.1. The van der Waals surface area contributed by atoms with E-state index in [1.165, 1.54) is 5.57 Å². The number of aromatic amines is 2. The van der Waals surface area contributed by atoms with Gasteiger partial charge in [-0.05, 0) is 27.7 Å². The van der Waals surface area contributed by atoms with Crippen LogP contribution in [0.4, 0.5) is 0 Å². The highest BCUT2D eigenvalue weighted by Gasteiger charge is 1.82. The maximum atomic E-state index is 10.1. The van der Waals surface area contributed by atoms with E-state index >= 15 is 0 Å². The molecule has 4 heteroatoms. The standard InChI is InChI=1S/C5H10.C3H5N3O/c1-4-5(2)3;1-2-4-3(7)6-5-2/h4H,1-3H3;1H3,(H2,4,5,6,7). The third kappa shape index (κ3) is 5.46. The van der Waals surface area contributed by atoms with Gasteiger partial charge in [0.25, 0.3) is 0 Å². The first-order valence-corrected chi connectivity index (χ1v) is 3.77. The minimum absolute atomic E-state index is 0.252. The van der Waals surface area contributed by atoms with Crippen LogP contribution < -0.4 is 5.69 Å². The Bertz CT molecular complexity index is 291. The van der Waals surface area contributed by atoms with Crippen LogP contribution in [-0.2, 0) is 0 Å². The van der Waals surface area contributed by atoms with Crippen molar-refractivity contribution in [3.63, 3.8) is 0 Å². The molecule has 4 nitrogen and oxygen atoms in total. The van der Waals surface area contributed by atoms with Crippen LogP contribution in [0, 0.1) is 6.92 Å². The molecular weight excluding hydrogens is 154 g/mol. The van der Waals surface area contributed by atoms with Crippen LogP contribution in [-0.4, -0.2) is 15.2 Å². The van der Waals surface area contributed by atoms with Gasteiger partial charge in [0.1, 0.15) is 5.82 Å². The molecule has 1 aromatic heterocycles. The zero-order valence-corrected chi connectivity index (χ0v) is 7.93. The second-order valence-electron chi connectivity index (χ2n) is 2.63. The largest absolute Gasteiger partial charge is 0.340 e. The lowest BCUT2D eigenvalue weighted by Gasteiger charge is -1.74. The summed E-state index contributed by atoms with van der Waals surface area (Å²) in [5.74, 6) is 0.616. The SMILES string of the molecule is CC=C(C)C.Cc1n[nH]c(=O)[nH]1. The average Bonchev–Trinajstić information content (AvgIpc) is 2.36. The molecule has 68 valence electrons. The lowest BCUT2D eigenvalue weighted by molar-refractivity contribution is 1.02. The molecular formula is C8H15N3O. The molecule has 0 aromatic carbocycles. The lowest BCUT2D eigenvalue weighted by Crippen LogP contribution is -2.00. The number of nitrogens with one attached hydrogen (secondary N) is 2. The van der Waals surface area contributed by atoms with E-state index in [-0.39, 0.29) is 5.69 Å². The molecule has 1 aromatic rings. The molecule has 0 unspecified atom stereocenters. The summed E-state index contributed by atoms with van der Waals surface area (Å²) in [6, 6.07) is 0. The van der Waals surface area contributed by atoms with Crippen LogP contribution in [0.15, 0.2) is 16.4 Å². The van der Waals surface area contributed by atoms with Crippen LogP contribution in [0.3, 0.4) is 0 Å². The number of nitrogens with zero attached hydrogens (tertiary/aromatic N) is 1. The summed E-state index contributed by atoms with van der Waals surface area (Å²) in [5.41, 5.74) is 1.13. The van der Waals surface area contributed by atoms with E-state index in [4.69, 9.17) is 0 Å². The zero-order valence-electron chi connectivity index (χ0n) is 7.93. The fraction of sp³-hybridized carbons (Fsp3) is 0.500. The van der Waals surface area contributed by atoms with Gasteiger partial charge in [-0.3, -0.25) is 4.98 Å². The van der Waals surface area contributed by atoms with E-state index in [9.17, 15) is 4.79 Å². The number of hydrogen-bond acceptors (Lipinski definition) is 2. The van der Waals surface area contributed by atoms with Crippen LogP contribution >= 0.6 is 0 Å². The summed E-state index contributed by atoms with van der Waals surface area (Å²) in [6.45, 7) is 7.91. The van der Waals surface area contributed by atoms with Gasteiger partial charge < -0.3 is 0 Å². The molecule has 0 radical (unpaired) electrons. The highest BCUT2D eigenvalue weighted by Crippen LogP contribution is 1.82. The Hall–Kier alpha value is -1.32. The maximum Gasteiger partial charge on any atom is 0.340 e. The number of hydrogen-bond donors (Lipinski definition) is 2. The van der Waals surface area contributed by atoms with Gasteiger partial charge >= 0.3 is 5.69 Å². The van der Waals surface area contributed by atoms with Crippen molar-refractivity contribution in [2.75, 3.05) is 0 Å². The molecule has 0 spiro atoms. The van der Waals surface area contributed by atoms with Gasteiger partial charge in [-0.25, -0.2) is 9.89 Å². The van der Waals surface area contributed by atoms with Crippen LogP contribution in [0.25, 0.3) is 0 Å². The van der Waals surface area contributed by atoms with Gasteiger partial charge in [0, 0.05) is 0 Å². The third-order valence-corrected chi connectivity index (χ3v) is 1.20. The van der Waals surface area contributed by atoms with Crippen molar-refractivity contribution in [3.05, 3.63) is 28.0 Å². The molecule has 0 aliphatic carbocycles. The topological polar surface area (TPSA) is 61.5 Å². The molecule has 0 bridgehead atoms. The number of rotatable bonds is 0. The van der Waals surface area contributed by atoms with Gasteiger partial charge in [-0.15, -0.1) is 0 Å². The second kappa shape index (κ2) is 5.35. The predicted octanol–water partition coefficient (Wildman–Crippen LogP) is 1.38. The van der Waals surface area contributed by atoms with E-state index in [1.807, 2.05) is 6.92 Å². The quantitative estimate of drug-likeness (QED) is 0.576. The predicted molar refractivity (Wildman–Crippen MR) is 49.1 cm³/mol. The van der Waals surface area contributed by atoms with Crippen molar-refractivity contribution >= 4 is 0 Å². The molecule has 1 rings (SSSR count). The molecule has 0 aliphatic heterocycles. The first kappa shape index (κ1) is 10.7. The van der Waals surface area contributed by atoms with Crippen LogP contribution in [0.2, 0.25) is 0 Å². The Morgan fingerprint density at radius 3 is 2.08 bits per heavy atom. The first-order valence-electron chi connectivity index (χ1n) is 3.77. The zero-order chi connectivity index (χ0) is 9.56. The van der Waals surface area contributed by atoms with E-state index in [0.717, 1.165) is 0 Å². The Morgan fingerprint density at radius 1 is 1.50 bits per heavy atom. The normalized spacial score (nSPS) is 8.33.